The molecular formula is C16H13ClF3N3O. The number of hydrogen-bond donors (Lipinski definition) is 2. The third-order valence-corrected chi connectivity index (χ3v) is 3.20. The third-order valence-electron chi connectivity index (χ3n) is 2.97. The van der Waals surface area contributed by atoms with Gasteiger partial charge in [-0.1, -0.05) is 17.7 Å². The third kappa shape index (κ3) is 4.48. The summed E-state index contributed by atoms with van der Waals surface area (Å²) in [6.45, 7) is 3.77. The topological polar surface area (TPSA) is 54.0 Å². The van der Waals surface area contributed by atoms with Crippen molar-refractivity contribution < 1.29 is 18.0 Å². The summed E-state index contributed by atoms with van der Waals surface area (Å²) in [5, 5.41) is 5.16. The maximum Gasteiger partial charge on any atom is 0.418 e. The zero-order valence-corrected chi connectivity index (χ0v) is 13.1. The molecule has 0 unspecified atom stereocenters. The Hall–Kier alpha value is -2.54. The highest BCUT2D eigenvalue weighted by atomic mass is 35.5. The van der Waals surface area contributed by atoms with Crippen LogP contribution in [0.2, 0.25) is 5.02 Å². The van der Waals surface area contributed by atoms with Crippen LogP contribution in [0, 0.1) is 0 Å². The number of carbonyl (C=O) groups is 1. The van der Waals surface area contributed by atoms with Gasteiger partial charge in [0.25, 0.3) is 5.91 Å². The molecule has 0 radical (unpaired) electrons. The van der Waals surface area contributed by atoms with Gasteiger partial charge in [-0.3, -0.25) is 4.79 Å². The summed E-state index contributed by atoms with van der Waals surface area (Å²) in [6, 6.07) is 6.29. The van der Waals surface area contributed by atoms with E-state index < -0.39 is 17.6 Å². The average molecular weight is 356 g/mol. The molecule has 0 fully saturated rings. The summed E-state index contributed by atoms with van der Waals surface area (Å²) >= 11 is 5.63. The monoisotopic (exact) mass is 355 g/mol. The van der Waals surface area contributed by atoms with Crippen LogP contribution >= 0.6 is 11.6 Å². The maximum absolute atomic E-state index is 13.0. The first-order valence-electron chi connectivity index (χ1n) is 6.80. The average Bonchev–Trinajstić information content (AvgIpc) is 2.54. The number of halogens is 4. The predicted molar refractivity (Wildman–Crippen MR) is 86.5 cm³/mol. The minimum atomic E-state index is -4.55. The van der Waals surface area contributed by atoms with Crippen molar-refractivity contribution in [2.75, 3.05) is 11.9 Å². The number of pyridine rings is 1. The van der Waals surface area contributed by atoms with E-state index >= 15 is 0 Å². The SMILES string of the molecule is C=CCNC(=O)c1ccc(Nc2ccc(Cl)cc2C(F)(F)F)cn1. The van der Waals surface area contributed by atoms with Gasteiger partial charge >= 0.3 is 6.18 Å². The molecule has 1 heterocycles. The molecule has 0 saturated heterocycles. The molecule has 4 nitrogen and oxygen atoms in total. The van der Waals surface area contributed by atoms with Crippen molar-refractivity contribution in [3.8, 4) is 0 Å². The van der Waals surface area contributed by atoms with Gasteiger partial charge in [-0.15, -0.1) is 6.58 Å². The Kier molecular flexibility index (Phi) is 5.46. The van der Waals surface area contributed by atoms with Crippen LogP contribution < -0.4 is 10.6 Å². The van der Waals surface area contributed by atoms with Crippen molar-refractivity contribution in [3.63, 3.8) is 0 Å². The van der Waals surface area contributed by atoms with Gasteiger partial charge in [-0.05, 0) is 30.3 Å². The molecule has 0 atom stereocenters. The summed E-state index contributed by atoms with van der Waals surface area (Å²) in [5.74, 6) is -0.399. The molecule has 2 rings (SSSR count). The molecular weight excluding hydrogens is 343 g/mol. The first kappa shape index (κ1) is 17.8. The quantitative estimate of drug-likeness (QED) is 0.781. The number of amides is 1. The first-order chi connectivity index (χ1) is 11.3. The molecule has 2 N–H and O–H groups in total. The zero-order chi connectivity index (χ0) is 17.7. The largest absolute Gasteiger partial charge is 0.418 e. The van der Waals surface area contributed by atoms with E-state index in [4.69, 9.17) is 11.6 Å². The van der Waals surface area contributed by atoms with Gasteiger partial charge in [0.05, 0.1) is 23.1 Å². The lowest BCUT2D eigenvalue weighted by Gasteiger charge is -2.15. The molecule has 0 aliphatic rings. The fourth-order valence-corrected chi connectivity index (χ4v) is 2.05. The molecule has 1 aromatic heterocycles. The van der Waals surface area contributed by atoms with Crippen molar-refractivity contribution in [1.29, 1.82) is 0 Å². The molecule has 24 heavy (non-hydrogen) atoms. The molecule has 8 heteroatoms. The van der Waals surface area contributed by atoms with Crippen LogP contribution in [0.3, 0.4) is 0 Å². The summed E-state index contributed by atoms with van der Waals surface area (Å²) in [7, 11) is 0. The van der Waals surface area contributed by atoms with Crippen molar-refractivity contribution in [1.82, 2.24) is 10.3 Å². The zero-order valence-electron chi connectivity index (χ0n) is 12.3. The van der Waals surface area contributed by atoms with E-state index in [2.05, 4.69) is 22.2 Å². The normalized spacial score (nSPS) is 11.0. The second-order valence-corrected chi connectivity index (χ2v) is 5.18. The van der Waals surface area contributed by atoms with Crippen LogP contribution in [0.5, 0.6) is 0 Å². The number of alkyl halides is 3. The number of carbonyl (C=O) groups excluding carboxylic acids is 1. The Balaban J connectivity index is 2.20. The van der Waals surface area contributed by atoms with E-state index in [1.807, 2.05) is 0 Å². The van der Waals surface area contributed by atoms with Crippen LogP contribution in [-0.2, 0) is 6.18 Å². The number of aromatic nitrogens is 1. The minimum absolute atomic E-state index is 0.0137. The van der Waals surface area contributed by atoms with Crippen molar-refractivity contribution in [2.24, 2.45) is 0 Å². The van der Waals surface area contributed by atoms with E-state index in [9.17, 15) is 18.0 Å². The van der Waals surface area contributed by atoms with Gasteiger partial charge in [0.1, 0.15) is 5.69 Å². The molecule has 1 amide bonds. The van der Waals surface area contributed by atoms with Crippen LogP contribution in [0.1, 0.15) is 16.1 Å². The lowest BCUT2D eigenvalue weighted by molar-refractivity contribution is -0.136. The van der Waals surface area contributed by atoms with Gasteiger partial charge in [0.15, 0.2) is 0 Å². The van der Waals surface area contributed by atoms with Gasteiger partial charge < -0.3 is 10.6 Å². The van der Waals surface area contributed by atoms with Crippen molar-refractivity contribution in [2.45, 2.75) is 6.18 Å². The number of hydrogen-bond acceptors (Lipinski definition) is 3. The molecule has 0 saturated carbocycles. The maximum atomic E-state index is 13.0. The Morgan fingerprint density at radius 2 is 2.04 bits per heavy atom. The summed E-state index contributed by atoms with van der Waals surface area (Å²) in [4.78, 5) is 15.6. The standard InChI is InChI=1S/C16H13ClF3N3O/c1-2-7-21-15(24)14-6-4-11(9-22-14)23-13-5-3-10(17)8-12(13)16(18,19)20/h2-6,8-9,23H,1,7H2,(H,21,24). The summed E-state index contributed by atoms with van der Waals surface area (Å²) in [6.07, 6.45) is -1.75. The van der Waals surface area contributed by atoms with Gasteiger partial charge in [-0.2, -0.15) is 13.2 Å². The van der Waals surface area contributed by atoms with Crippen LogP contribution in [0.25, 0.3) is 0 Å². The number of benzene rings is 1. The molecule has 2 aromatic rings. The van der Waals surface area contributed by atoms with E-state index in [0.29, 0.717) is 12.2 Å². The number of nitrogens with one attached hydrogen (secondary N) is 2. The molecule has 126 valence electrons. The van der Waals surface area contributed by atoms with Crippen LogP contribution in [0.4, 0.5) is 24.5 Å². The van der Waals surface area contributed by atoms with Gasteiger partial charge in [0, 0.05) is 11.6 Å². The van der Waals surface area contributed by atoms with E-state index in [0.717, 1.165) is 6.07 Å². The summed E-state index contributed by atoms with van der Waals surface area (Å²) < 4.78 is 39.1. The highest BCUT2D eigenvalue weighted by Gasteiger charge is 2.33. The Labute approximate surface area is 141 Å². The predicted octanol–water partition coefficient (Wildman–Crippen LogP) is 4.41. The van der Waals surface area contributed by atoms with Crippen molar-refractivity contribution >= 4 is 28.9 Å². The Morgan fingerprint density at radius 1 is 1.29 bits per heavy atom. The van der Waals surface area contributed by atoms with E-state index in [-0.39, 0.29) is 16.4 Å². The lowest BCUT2D eigenvalue weighted by atomic mass is 10.1. The Morgan fingerprint density at radius 3 is 2.62 bits per heavy atom. The highest BCUT2D eigenvalue weighted by molar-refractivity contribution is 6.30. The number of anilines is 2. The molecule has 0 bridgehead atoms. The fraction of sp³-hybridized carbons (Fsp3) is 0.125. The van der Waals surface area contributed by atoms with E-state index in [1.54, 1.807) is 0 Å². The van der Waals surface area contributed by atoms with Crippen molar-refractivity contribution in [3.05, 3.63) is 65.5 Å². The molecule has 0 aliphatic heterocycles. The highest BCUT2D eigenvalue weighted by Crippen LogP contribution is 2.37. The molecule has 0 spiro atoms. The smallest absolute Gasteiger partial charge is 0.354 e. The molecule has 1 aromatic carbocycles. The van der Waals surface area contributed by atoms with Crippen LogP contribution in [0.15, 0.2) is 49.2 Å². The van der Waals surface area contributed by atoms with Crippen LogP contribution in [-0.4, -0.2) is 17.4 Å². The second kappa shape index (κ2) is 7.35. The lowest BCUT2D eigenvalue weighted by Crippen LogP contribution is -2.24. The van der Waals surface area contributed by atoms with E-state index in [1.165, 1.54) is 36.5 Å². The van der Waals surface area contributed by atoms with Gasteiger partial charge in [0.2, 0.25) is 0 Å². The first-order valence-corrected chi connectivity index (χ1v) is 7.18. The minimum Gasteiger partial charge on any atom is -0.354 e. The Bertz CT molecular complexity index is 745. The number of rotatable bonds is 5. The van der Waals surface area contributed by atoms with Gasteiger partial charge in [-0.25, -0.2) is 4.98 Å². The summed E-state index contributed by atoms with van der Waals surface area (Å²) in [5.41, 5.74) is -0.585. The number of nitrogens with zero attached hydrogens (tertiary/aromatic N) is 1. The fourth-order valence-electron chi connectivity index (χ4n) is 1.87. The molecule has 0 aliphatic carbocycles. The second-order valence-electron chi connectivity index (χ2n) is 4.74.